The number of nitrogens with one attached hydrogen (secondary N) is 1. The van der Waals surface area contributed by atoms with Crippen LogP contribution < -0.4 is 5.32 Å². The summed E-state index contributed by atoms with van der Waals surface area (Å²) in [5.74, 6) is -3.28. The molecule has 0 aromatic heterocycles. The van der Waals surface area contributed by atoms with Gasteiger partial charge in [0.15, 0.2) is 11.6 Å². The molecule has 2 nitrogen and oxygen atoms in total. The molecule has 0 saturated heterocycles. The molecule has 0 aliphatic heterocycles. The van der Waals surface area contributed by atoms with E-state index in [1.807, 2.05) is 0 Å². The van der Waals surface area contributed by atoms with Gasteiger partial charge in [0, 0.05) is 16.3 Å². The number of hydrogen-bond donors (Lipinski definition) is 1. The Morgan fingerprint density at radius 3 is 2.25 bits per heavy atom. The minimum atomic E-state index is -4.51. The van der Waals surface area contributed by atoms with Gasteiger partial charge in [-0.05, 0) is 48.0 Å². The van der Waals surface area contributed by atoms with Gasteiger partial charge in [-0.3, -0.25) is 4.79 Å². The smallest absolute Gasteiger partial charge is 0.322 e. The molecule has 3 aromatic carbocycles. The predicted molar refractivity (Wildman–Crippen MR) is 96.2 cm³/mol. The quantitative estimate of drug-likeness (QED) is 0.486. The topological polar surface area (TPSA) is 29.1 Å². The first-order valence-electron chi connectivity index (χ1n) is 7.89. The molecule has 0 fully saturated rings. The highest BCUT2D eigenvalue weighted by molar-refractivity contribution is 6.33. The first kappa shape index (κ1) is 19.8. The maximum Gasteiger partial charge on any atom is 0.416 e. The molecule has 0 aliphatic carbocycles. The molecule has 28 heavy (non-hydrogen) atoms. The molecular formula is C20H11ClF5NO. The molecule has 144 valence electrons. The Labute approximate surface area is 161 Å². The van der Waals surface area contributed by atoms with Crippen molar-refractivity contribution in [3.05, 3.63) is 88.4 Å². The molecule has 0 saturated carbocycles. The van der Waals surface area contributed by atoms with Crippen molar-refractivity contribution in [1.29, 1.82) is 0 Å². The molecule has 0 atom stereocenters. The highest BCUT2D eigenvalue weighted by Crippen LogP contribution is 2.36. The Bertz CT molecular complexity index is 1030. The van der Waals surface area contributed by atoms with Crippen LogP contribution in [0.5, 0.6) is 0 Å². The van der Waals surface area contributed by atoms with Crippen LogP contribution in [0, 0.1) is 11.6 Å². The van der Waals surface area contributed by atoms with E-state index in [4.69, 9.17) is 11.6 Å². The van der Waals surface area contributed by atoms with Gasteiger partial charge in [0.1, 0.15) is 0 Å². The Morgan fingerprint density at radius 2 is 1.61 bits per heavy atom. The SMILES string of the molecule is O=C(Nc1ccc(-c2cc(C(F)(F)F)ccc2Cl)cc1)c1cccc(F)c1F. The van der Waals surface area contributed by atoms with Gasteiger partial charge >= 0.3 is 6.18 Å². The maximum atomic E-state index is 13.7. The van der Waals surface area contributed by atoms with Crippen LogP contribution >= 0.6 is 11.6 Å². The first-order valence-corrected chi connectivity index (χ1v) is 8.27. The van der Waals surface area contributed by atoms with E-state index in [0.29, 0.717) is 5.56 Å². The summed E-state index contributed by atoms with van der Waals surface area (Å²) in [7, 11) is 0. The number of carbonyl (C=O) groups is 1. The predicted octanol–water partition coefficient (Wildman–Crippen LogP) is 6.56. The summed E-state index contributed by atoms with van der Waals surface area (Å²) in [6.07, 6.45) is -4.51. The standard InChI is InChI=1S/C20H11ClF5NO/c21-16-9-6-12(20(24,25)26)10-15(16)11-4-7-13(8-5-11)27-19(28)14-2-1-3-17(22)18(14)23/h1-10H,(H,27,28). The summed E-state index contributed by atoms with van der Waals surface area (Å²) in [6.45, 7) is 0. The van der Waals surface area contributed by atoms with Gasteiger partial charge in [0.25, 0.3) is 5.91 Å². The largest absolute Gasteiger partial charge is 0.416 e. The third-order valence-corrected chi connectivity index (χ3v) is 4.27. The highest BCUT2D eigenvalue weighted by Gasteiger charge is 2.31. The molecular weight excluding hydrogens is 401 g/mol. The molecule has 0 aliphatic rings. The molecule has 3 aromatic rings. The minimum absolute atomic E-state index is 0.131. The number of alkyl halides is 3. The van der Waals surface area contributed by atoms with Crippen molar-refractivity contribution in [2.24, 2.45) is 0 Å². The number of anilines is 1. The van der Waals surface area contributed by atoms with Gasteiger partial charge in [-0.15, -0.1) is 0 Å². The molecule has 0 spiro atoms. The van der Waals surface area contributed by atoms with Crippen molar-refractivity contribution in [3.8, 4) is 11.1 Å². The summed E-state index contributed by atoms with van der Waals surface area (Å²) in [4.78, 5) is 12.1. The zero-order chi connectivity index (χ0) is 20.5. The normalized spacial score (nSPS) is 11.4. The van der Waals surface area contributed by atoms with Crippen LogP contribution in [0.15, 0.2) is 60.7 Å². The maximum absolute atomic E-state index is 13.7. The molecule has 3 rings (SSSR count). The van der Waals surface area contributed by atoms with Crippen molar-refractivity contribution in [2.45, 2.75) is 6.18 Å². The van der Waals surface area contributed by atoms with Gasteiger partial charge in [0.2, 0.25) is 0 Å². The van der Waals surface area contributed by atoms with Crippen molar-refractivity contribution >= 4 is 23.2 Å². The number of amides is 1. The van der Waals surface area contributed by atoms with Crippen molar-refractivity contribution in [1.82, 2.24) is 0 Å². The van der Waals surface area contributed by atoms with Crippen LogP contribution in [-0.2, 0) is 6.18 Å². The summed E-state index contributed by atoms with van der Waals surface area (Å²) in [5.41, 5.74) is -0.493. The molecule has 8 heteroatoms. The first-order chi connectivity index (χ1) is 13.2. The fourth-order valence-corrected chi connectivity index (χ4v) is 2.76. The number of hydrogen-bond acceptors (Lipinski definition) is 1. The van der Waals surface area contributed by atoms with Gasteiger partial charge in [-0.2, -0.15) is 13.2 Å². The van der Waals surface area contributed by atoms with Crippen LogP contribution in [-0.4, -0.2) is 5.91 Å². The monoisotopic (exact) mass is 411 g/mol. The van der Waals surface area contributed by atoms with E-state index in [0.717, 1.165) is 30.3 Å². The molecule has 1 N–H and O–H groups in total. The van der Waals surface area contributed by atoms with Crippen LogP contribution in [0.2, 0.25) is 5.02 Å². The second-order valence-corrected chi connectivity index (χ2v) is 6.23. The third-order valence-electron chi connectivity index (χ3n) is 3.94. The Balaban J connectivity index is 1.84. The van der Waals surface area contributed by atoms with Gasteiger partial charge in [-0.1, -0.05) is 29.8 Å². The second-order valence-electron chi connectivity index (χ2n) is 5.83. The van der Waals surface area contributed by atoms with E-state index < -0.39 is 34.8 Å². The zero-order valence-corrected chi connectivity index (χ0v) is 14.7. The van der Waals surface area contributed by atoms with Crippen molar-refractivity contribution in [2.75, 3.05) is 5.32 Å². The van der Waals surface area contributed by atoms with Gasteiger partial charge in [-0.25, -0.2) is 8.78 Å². The summed E-state index contributed by atoms with van der Waals surface area (Å²) < 4.78 is 65.6. The molecule has 1 amide bonds. The third kappa shape index (κ3) is 4.14. The lowest BCUT2D eigenvalue weighted by atomic mass is 10.0. The molecule has 0 radical (unpaired) electrons. The number of halogens is 6. The highest BCUT2D eigenvalue weighted by atomic mass is 35.5. The zero-order valence-electron chi connectivity index (χ0n) is 13.9. The van der Waals surface area contributed by atoms with E-state index in [-0.39, 0.29) is 16.3 Å². The summed E-state index contributed by atoms with van der Waals surface area (Å²) in [5, 5.41) is 2.53. The van der Waals surface area contributed by atoms with Crippen molar-refractivity contribution < 1.29 is 26.7 Å². The van der Waals surface area contributed by atoms with E-state index in [2.05, 4.69) is 5.32 Å². The molecule has 0 unspecified atom stereocenters. The fourth-order valence-electron chi connectivity index (χ4n) is 2.53. The number of rotatable bonds is 3. The molecule has 0 heterocycles. The summed E-state index contributed by atoms with van der Waals surface area (Å²) in [6, 6.07) is 11.9. The van der Waals surface area contributed by atoms with Crippen LogP contribution in [0.25, 0.3) is 11.1 Å². The lowest BCUT2D eigenvalue weighted by molar-refractivity contribution is -0.137. The average Bonchev–Trinajstić information content (AvgIpc) is 2.64. The number of benzene rings is 3. The van der Waals surface area contributed by atoms with Gasteiger partial charge in [0.05, 0.1) is 11.1 Å². The average molecular weight is 412 g/mol. The fraction of sp³-hybridized carbons (Fsp3) is 0.0500. The van der Waals surface area contributed by atoms with E-state index in [1.165, 1.54) is 30.3 Å². The lowest BCUT2D eigenvalue weighted by Gasteiger charge is -2.12. The Morgan fingerprint density at radius 1 is 0.929 bits per heavy atom. The molecule has 0 bridgehead atoms. The Kier molecular flexibility index (Phi) is 5.38. The van der Waals surface area contributed by atoms with E-state index >= 15 is 0 Å². The van der Waals surface area contributed by atoms with Crippen molar-refractivity contribution in [3.63, 3.8) is 0 Å². The number of carbonyl (C=O) groups excluding carboxylic acids is 1. The Hall–Kier alpha value is -2.93. The second kappa shape index (κ2) is 7.59. The van der Waals surface area contributed by atoms with E-state index in [1.54, 1.807) is 0 Å². The van der Waals surface area contributed by atoms with E-state index in [9.17, 15) is 26.7 Å². The van der Waals surface area contributed by atoms with Crippen LogP contribution in [0.1, 0.15) is 15.9 Å². The van der Waals surface area contributed by atoms with Gasteiger partial charge < -0.3 is 5.32 Å². The minimum Gasteiger partial charge on any atom is -0.322 e. The summed E-state index contributed by atoms with van der Waals surface area (Å²) >= 11 is 6.00. The lowest BCUT2D eigenvalue weighted by Crippen LogP contribution is -2.14. The van der Waals surface area contributed by atoms with Crippen LogP contribution in [0.4, 0.5) is 27.6 Å². The van der Waals surface area contributed by atoms with Crippen LogP contribution in [0.3, 0.4) is 0 Å².